The molecule has 7 heteroatoms. The van der Waals surface area contributed by atoms with Crippen molar-refractivity contribution in [1.29, 1.82) is 0 Å². The van der Waals surface area contributed by atoms with E-state index in [1.165, 1.54) is 0 Å². The van der Waals surface area contributed by atoms with Crippen LogP contribution in [0, 0.1) is 22.7 Å². The average Bonchev–Trinajstić information content (AvgIpc) is 3.26. The normalized spacial score (nSPS) is 19.5. The van der Waals surface area contributed by atoms with Crippen LogP contribution in [0.5, 0.6) is 0 Å². The fraction of sp³-hybridized carbons (Fsp3) is 0.650. The Labute approximate surface area is 159 Å². The molecule has 2 aliphatic heterocycles. The highest BCUT2D eigenvalue weighted by molar-refractivity contribution is 5.78. The maximum absolute atomic E-state index is 9.89. The van der Waals surface area contributed by atoms with E-state index in [2.05, 4.69) is 52.7 Å². The number of aliphatic hydroxyl groups excluding tert-OH is 1. The van der Waals surface area contributed by atoms with Crippen LogP contribution < -0.4 is 4.90 Å². The van der Waals surface area contributed by atoms with Gasteiger partial charge in [0.2, 0.25) is 0 Å². The number of rotatable bonds is 2. The monoisotopic (exact) mass is 369 g/mol. The minimum absolute atomic E-state index is 0.119. The second-order valence-electron chi connectivity index (χ2n) is 8.71. The number of nitrogens with one attached hydrogen (secondary N) is 1. The number of ether oxygens (including phenoxy) is 1. The number of fused-ring (bicyclic) bond motifs is 1. The second-order valence-corrected chi connectivity index (χ2v) is 8.71. The first kappa shape index (κ1) is 18.2. The van der Waals surface area contributed by atoms with Crippen molar-refractivity contribution in [3.63, 3.8) is 0 Å². The molecule has 7 nitrogen and oxygen atoms in total. The predicted molar refractivity (Wildman–Crippen MR) is 103 cm³/mol. The zero-order chi connectivity index (χ0) is 19.1. The Balaban J connectivity index is 1.63. The molecule has 0 bridgehead atoms. The van der Waals surface area contributed by atoms with Crippen LogP contribution in [0.4, 0.5) is 5.82 Å². The zero-order valence-corrected chi connectivity index (χ0v) is 16.3. The molecule has 0 amide bonds. The van der Waals surface area contributed by atoms with Crippen molar-refractivity contribution in [1.82, 2.24) is 20.2 Å². The van der Waals surface area contributed by atoms with Gasteiger partial charge in [0.05, 0.1) is 13.2 Å². The first-order chi connectivity index (χ1) is 12.9. The number of piperidine rings is 1. The predicted octanol–water partition coefficient (Wildman–Crippen LogP) is 2.25. The molecular weight excluding hydrogens is 342 g/mol. The Hall–Kier alpha value is -2.17. The largest absolute Gasteiger partial charge is 0.390 e. The minimum Gasteiger partial charge on any atom is -0.390 e. The Morgan fingerprint density at radius 2 is 2.00 bits per heavy atom. The first-order valence-corrected chi connectivity index (χ1v) is 9.61. The van der Waals surface area contributed by atoms with Crippen molar-refractivity contribution in [3.05, 3.63) is 11.4 Å². The van der Waals surface area contributed by atoms with E-state index < -0.39 is 0 Å². The summed E-state index contributed by atoms with van der Waals surface area (Å²) in [6.07, 6.45) is 3.32. The number of hydrogen-bond donors (Lipinski definition) is 2. The Morgan fingerprint density at radius 1 is 1.22 bits per heavy atom. The third-order valence-electron chi connectivity index (χ3n) is 5.46. The lowest BCUT2D eigenvalue weighted by Gasteiger charge is -2.39. The molecule has 0 aliphatic carbocycles. The van der Waals surface area contributed by atoms with E-state index in [4.69, 9.17) is 9.72 Å². The van der Waals surface area contributed by atoms with Crippen LogP contribution >= 0.6 is 0 Å². The first-order valence-electron chi connectivity index (χ1n) is 9.61. The van der Waals surface area contributed by atoms with E-state index in [1.54, 1.807) is 0 Å². The molecule has 144 valence electrons. The number of aromatic nitrogens is 4. The van der Waals surface area contributed by atoms with E-state index in [0.29, 0.717) is 28.0 Å². The molecule has 0 radical (unpaired) electrons. The van der Waals surface area contributed by atoms with Crippen molar-refractivity contribution in [3.8, 4) is 11.8 Å². The zero-order valence-electron chi connectivity index (χ0n) is 16.3. The highest BCUT2D eigenvalue weighted by Crippen LogP contribution is 2.40. The lowest BCUT2D eigenvalue weighted by molar-refractivity contribution is 0.133. The van der Waals surface area contributed by atoms with Crippen LogP contribution in [0.15, 0.2) is 0 Å². The molecule has 2 aromatic rings. The van der Waals surface area contributed by atoms with Crippen molar-refractivity contribution in [2.75, 3.05) is 31.2 Å². The molecular formula is C20H27N5O2. The number of hydrogen-bond acceptors (Lipinski definition) is 6. The van der Waals surface area contributed by atoms with Crippen molar-refractivity contribution in [2.24, 2.45) is 10.8 Å². The van der Waals surface area contributed by atoms with Gasteiger partial charge in [-0.1, -0.05) is 5.92 Å². The average molecular weight is 369 g/mol. The highest BCUT2D eigenvalue weighted by atomic mass is 16.5. The lowest BCUT2D eigenvalue weighted by atomic mass is 9.78. The van der Waals surface area contributed by atoms with E-state index in [9.17, 15) is 5.11 Å². The highest BCUT2D eigenvalue weighted by Gasteiger charge is 2.38. The summed E-state index contributed by atoms with van der Waals surface area (Å²) in [5, 5.41) is 17.1. The fourth-order valence-electron chi connectivity index (χ4n) is 3.80. The van der Waals surface area contributed by atoms with Crippen LogP contribution in [-0.2, 0) is 11.3 Å². The van der Waals surface area contributed by atoms with Crippen LogP contribution in [0.1, 0.15) is 51.4 Å². The van der Waals surface area contributed by atoms with Gasteiger partial charge in [-0.2, -0.15) is 5.10 Å². The minimum atomic E-state index is -0.152. The quantitative estimate of drug-likeness (QED) is 0.790. The fourth-order valence-corrected chi connectivity index (χ4v) is 3.80. The van der Waals surface area contributed by atoms with Crippen LogP contribution in [0.2, 0.25) is 0 Å². The maximum atomic E-state index is 9.89. The summed E-state index contributed by atoms with van der Waals surface area (Å²) >= 11 is 0. The van der Waals surface area contributed by atoms with Gasteiger partial charge < -0.3 is 14.7 Å². The molecule has 0 unspecified atom stereocenters. The number of H-pyrrole nitrogens is 1. The van der Waals surface area contributed by atoms with Gasteiger partial charge in [0.25, 0.3) is 0 Å². The summed E-state index contributed by atoms with van der Waals surface area (Å²) in [4.78, 5) is 11.6. The van der Waals surface area contributed by atoms with Crippen LogP contribution in [0.3, 0.4) is 0 Å². The van der Waals surface area contributed by atoms with Gasteiger partial charge in [-0.3, -0.25) is 5.10 Å². The standard InChI is InChI=1S/C20H27N5O2/c1-19(2,3)5-4-14-16-17(24-23-14)22-18(15(12-26)21-16)25-9-6-20(7-10-25)8-11-27-13-20/h26H,6-13H2,1-3H3,(H,22,23,24). The van der Waals surface area contributed by atoms with Gasteiger partial charge in [0.1, 0.15) is 11.2 Å². The Bertz CT molecular complexity index is 887. The molecule has 2 fully saturated rings. The molecule has 0 atom stereocenters. The van der Waals surface area contributed by atoms with Crippen LogP contribution in [-0.4, -0.2) is 51.6 Å². The second kappa shape index (κ2) is 6.77. The molecule has 0 aromatic carbocycles. The molecule has 2 N–H and O–H groups in total. The van der Waals surface area contributed by atoms with E-state index in [0.717, 1.165) is 51.4 Å². The van der Waals surface area contributed by atoms with Gasteiger partial charge >= 0.3 is 0 Å². The molecule has 4 heterocycles. The Kier molecular flexibility index (Phi) is 4.57. The third kappa shape index (κ3) is 3.64. The van der Waals surface area contributed by atoms with Gasteiger partial charge in [0, 0.05) is 25.1 Å². The number of nitrogens with zero attached hydrogens (tertiary/aromatic N) is 4. The lowest BCUT2D eigenvalue weighted by Crippen LogP contribution is -2.41. The summed E-state index contributed by atoms with van der Waals surface area (Å²) in [6.45, 7) is 9.56. The van der Waals surface area contributed by atoms with Crippen molar-refractivity contribution in [2.45, 2.75) is 46.6 Å². The summed E-state index contributed by atoms with van der Waals surface area (Å²) in [7, 11) is 0. The van der Waals surface area contributed by atoms with Gasteiger partial charge in [0.15, 0.2) is 17.2 Å². The molecule has 2 aliphatic rings. The molecule has 4 rings (SSSR count). The van der Waals surface area contributed by atoms with E-state index in [1.807, 2.05) is 0 Å². The number of aliphatic hydroxyl groups is 1. The van der Waals surface area contributed by atoms with Gasteiger partial charge in [-0.05, 0) is 51.4 Å². The summed E-state index contributed by atoms with van der Waals surface area (Å²) in [6, 6.07) is 0. The van der Waals surface area contributed by atoms with Gasteiger partial charge in [-0.15, -0.1) is 0 Å². The van der Waals surface area contributed by atoms with Crippen molar-refractivity contribution >= 4 is 17.0 Å². The van der Waals surface area contributed by atoms with Gasteiger partial charge in [-0.25, -0.2) is 9.97 Å². The molecule has 27 heavy (non-hydrogen) atoms. The molecule has 0 saturated carbocycles. The van der Waals surface area contributed by atoms with E-state index >= 15 is 0 Å². The topological polar surface area (TPSA) is 87.2 Å². The summed E-state index contributed by atoms with van der Waals surface area (Å²) in [5.41, 5.74) is 2.61. The summed E-state index contributed by atoms with van der Waals surface area (Å²) in [5.74, 6) is 7.01. The number of aromatic amines is 1. The Morgan fingerprint density at radius 3 is 2.63 bits per heavy atom. The third-order valence-corrected chi connectivity index (χ3v) is 5.46. The SMILES string of the molecule is CC(C)(C)C#Cc1n[nH]c2nc(N3CCC4(CCOC4)CC3)c(CO)nc12. The van der Waals surface area contributed by atoms with E-state index in [-0.39, 0.29) is 12.0 Å². The van der Waals surface area contributed by atoms with Crippen LogP contribution in [0.25, 0.3) is 11.2 Å². The molecule has 2 aromatic heterocycles. The molecule has 2 saturated heterocycles. The number of anilines is 1. The van der Waals surface area contributed by atoms with Crippen molar-refractivity contribution < 1.29 is 9.84 Å². The summed E-state index contributed by atoms with van der Waals surface area (Å²) < 4.78 is 5.62. The maximum Gasteiger partial charge on any atom is 0.177 e. The smallest absolute Gasteiger partial charge is 0.177 e. The molecule has 1 spiro atoms.